The standard InChI is InChI=1S/C18H21N3O3/c22-18(20-14-2-1-5-19-8-14)16-10-21(9-13-3-6-23-12-13)11-17-15(16)4-7-24-17/h1-3,5-6,8,12,15-17H,4,7,9-11H2,(H,20,22)/t15-,16-,17+/m0/s1. The van der Waals surface area contributed by atoms with Crippen LogP contribution in [0.5, 0.6) is 0 Å². The third-order valence-corrected chi connectivity index (χ3v) is 4.92. The van der Waals surface area contributed by atoms with Crippen LogP contribution in [0.4, 0.5) is 5.69 Å². The molecular weight excluding hydrogens is 306 g/mol. The zero-order valence-electron chi connectivity index (χ0n) is 13.4. The summed E-state index contributed by atoms with van der Waals surface area (Å²) in [6.45, 7) is 3.12. The van der Waals surface area contributed by atoms with Gasteiger partial charge in [-0.2, -0.15) is 0 Å². The minimum Gasteiger partial charge on any atom is -0.472 e. The van der Waals surface area contributed by atoms with E-state index < -0.39 is 0 Å². The van der Waals surface area contributed by atoms with Crippen LogP contribution in [0.25, 0.3) is 0 Å². The van der Waals surface area contributed by atoms with Crippen molar-refractivity contribution in [3.8, 4) is 0 Å². The average molecular weight is 327 g/mol. The van der Waals surface area contributed by atoms with Crippen molar-refractivity contribution < 1.29 is 13.9 Å². The molecule has 0 aromatic carbocycles. The summed E-state index contributed by atoms with van der Waals surface area (Å²) < 4.78 is 11.0. The quantitative estimate of drug-likeness (QED) is 0.932. The molecule has 2 saturated heterocycles. The molecule has 0 unspecified atom stereocenters. The summed E-state index contributed by atoms with van der Waals surface area (Å²) in [5.41, 5.74) is 1.86. The number of aromatic nitrogens is 1. The molecule has 126 valence electrons. The van der Waals surface area contributed by atoms with Crippen molar-refractivity contribution >= 4 is 11.6 Å². The number of fused-ring (bicyclic) bond motifs is 1. The van der Waals surface area contributed by atoms with Crippen LogP contribution in [-0.4, -0.2) is 41.6 Å². The van der Waals surface area contributed by atoms with Crippen molar-refractivity contribution in [1.82, 2.24) is 9.88 Å². The highest BCUT2D eigenvalue weighted by atomic mass is 16.5. The Bertz CT molecular complexity index is 674. The van der Waals surface area contributed by atoms with E-state index in [1.165, 1.54) is 0 Å². The normalized spacial score (nSPS) is 26.9. The highest BCUT2D eigenvalue weighted by Gasteiger charge is 2.43. The summed E-state index contributed by atoms with van der Waals surface area (Å²) in [5, 5.41) is 3.00. The number of anilines is 1. The van der Waals surface area contributed by atoms with Gasteiger partial charge in [-0.3, -0.25) is 14.7 Å². The van der Waals surface area contributed by atoms with Crippen LogP contribution in [0.3, 0.4) is 0 Å². The SMILES string of the molecule is O=C(Nc1cccnc1)[C@H]1CN(Cc2ccoc2)C[C@H]2OCC[C@@H]12. The lowest BCUT2D eigenvalue weighted by atomic mass is 9.82. The molecule has 4 heterocycles. The first-order valence-electron chi connectivity index (χ1n) is 8.35. The van der Waals surface area contributed by atoms with Crippen molar-refractivity contribution in [2.45, 2.75) is 19.1 Å². The van der Waals surface area contributed by atoms with E-state index >= 15 is 0 Å². The van der Waals surface area contributed by atoms with Crippen LogP contribution in [-0.2, 0) is 16.1 Å². The Morgan fingerprint density at radius 1 is 1.38 bits per heavy atom. The zero-order valence-corrected chi connectivity index (χ0v) is 13.4. The second kappa shape index (κ2) is 6.75. The Kier molecular flexibility index (Phi) is 4.32. The Hall–Kier alpha value is -2.18. The number of nitrogens with one attached hydrogen (secondary N) is 1. The first kappa shape index (κ1) is 15.4. The summed E-state index contributed by atoms with van der Waals surface area (Å²) in [5.74, 6) is 0.279. The van der Waals surface area contributed by atoms with Gasteiger partial charge >= 0.3 is 0 Å². The molecule has 2 aliphatic rings. The van der Waals surface area contributed by atoms with Gasteiger partial charge in [0.05, 0.1) is 36.4 Å². The maximum atomic E-state index is 12.8. The smallest absolute Gasteiger partial charge is 0.229 e. The molecule has 6 nitrogen and oxygen atoms in total. The second-order valence-corrected chi connectivity index (χ2v) is 6.52. The molecule has 2 aromatic rings. The number of furan rings is 1. The third-order valence-electron chi connectivity index (χ3n) is 4.92. The number of amides is 1. The molecule has 0 aliphatic carbocycles. The molecule has 0 saturated carbocycles. The van der Waals surface area contributed by atoms with Gasteiger partial charge in [0.2, 0.25) is 5.91 Å². The fourth-order valence-corrected chi connectivity index (χ4v) is 3.77. The number of likely N-dealkylation sites (tertiary alicyclic amines) is 1. The van der Waals surface area contributed by atoms with Crippen molar-refractivity contribution in [3.63, 3.8) is 0 Å². The predicted octanol–water partition coefficient (Wildman–Crippen LogP) is 2.15. The molecule has 2 fully saturated rings. The molecule has 3 atom stereocenters. The fourth-order valence-electron chi connectivity index (χ4n) is 3.77. The summed E-state index contributed by atoms with van der Waals surface area (Å²) in [6.07, 6.45) is 7.90. The number of pyridine rings is 1. The Balaban J connectivity index is 1.48. The van der Waals surface area contributed by atoms with E-state index in [2.05, 4.69) is 15.2 Å². The number of piperidine rings is 1. The van der Waals surface area contributed by atoms with Gasteiger partial charge < -0.3 is 14.5 Å². The summed E-state index contributed by atoms with van der Waals surface area (Å²) in [4.78, 5) is 19.2. The number of carbonyl (C=O) groups is 1. The van der Waals surface area contributed by atoms with Crippen molar-refractivity contribution in [1.29, 1.82) is 0 Å². The molecule has 2 aliphatic heterocycles. The van der Waals surface area contributed by atoms with E-state index in [4.69, 9.17) is 9.15 Å². The predicted molar refractivity (Wildman–Crippen MR) is 88.2 cm³/mol. The van der Waals surface area contributed by atoms with Crippen LogP contribution >= 0.6 is 0 Å². The monoisotopic (exact) mass is 327 g/mol. The number of ether oxygens (including phenoxy) is 1. The number of rotatable bonds is 4. The third kappa shape index (κ3) is 3.20. The van der Waals surface area contributed by atoms with Gasteiger partial charge in [-0.15, -0.1) is 0 Å². The summed E-state index contributed by atoms with van der Waals surface area (Å²) in [6, 6.07) is 5.65. The molecule has 6 heteroatoms. The van der Waals surface area contributed by atoms with Crippen molar-refractivity contribution in [3.05, 3.63) is 48.7 Å². The molecule has 0 spiro atoms. The number of nitrogens with zero attached hydrogens (tertiary/aromatic N) is 2. The maximum Gasteiger partial charge on any atom is 0.229 e. The van der Waals surface area contributed by atoms with Crippen LogP contribution in [0.1, 0.15) is 12.0 Å². The molecule has 0 bridgehead atoms. The maximum absolute atomic E-state index is 12.8. The van der Waals surface area contributed by atoms with E-state index in [0.717, 1.165) is 43.9 Å². The van der Waals surface area contributed by atoms with E-state index in [-0.39, 0.29) is 17.9 Å². The van der Waals surface area contributed by atoms with Crippen LogP contribution in [0.2, 0.25) is 0 Å². The topological polar surface area (TPSA) is 67.6 Å². The Labute approximate surface area is 140 Å². The first-order chi connectivity index (χ1) is 11.8. The zero-order chi connectivity index (χ0) is 16.4. The highest BCUT2D eigenvalue weighted by molar-refractivity contribution is 5.92. The lowest BCUT2D eigenvalue weighted by molar-refractivity contribution is -0.125. The minimum absolute atomic E-state index is 0.0559. The lowest BCUT2D eigenvalue weighted by Crippen LogP contribution is -2.51. The van der Waals surface area contributed by atoms with Gasteiger partial charge in [-0.25, -0.2) is 0 Å². The summed E-state index contributed by atoms with van der Waals surface area (Å²) in [7, 11) is 0. The number of hydrogen-bond acceptors (Lipinski definition) is 5. The Morgan fingerprint density at radius 3 is 3.12 bits per heavy atom. The Morgan fingerprint density at radius 2 is 2.33 bits per heavy atom. The van der Waals surface area contributed by atoms with Gasteiger partial charge in [0.15, 0.2) is 0 Å². The molecule has 1 amide bonds. The van der Waals surface area contributed by atoms with E-state index in [1.54, 1.807) is 24.9 Å². The average Bonchev–Trinajstić information content (AvgIpc) is 3.26. The van der Waals surface area contributed by atoms with Gasteiger partial charge in [0.25, 0.3) is 0 Å². The van der Waals surface area contributed by atoms with Crippen molar-refractivity contribution in [2.24, 2.45) is 11.8 Å². The number of carbonyl (C=O) groups excluding carboxylic acids is 1. The molecular formula is C18H21N3O3. The largest absolute Gasteiger partial charge is 0.472 e. The summed E-state index contributed by atoms with van der Waals surface area (Å²) >= 11 is 0. The molecule has 0 radical (unpaired) electrons. The molecule has 24 heavy (non-hydrogen) atoms. The number of hydrogen-bond donors (Lipinski definition) is 1. The fraction of sp³-hybridized carbons (Fsp3) is 0.444. The van der Waals surface area contributed by atoms with E-state index in [0.29, 0.717) is 5.92 Å². The lowest BCUT2D eigenvalue weighted by Gasteiger charge is -2.39. The van der Waals surface area contributed by atoms with E-state index in [9.17, 15) is 4.79 Å². The van der Waals surface area contributed by atoms with Gasteiger partial charge in [-0.1, -0.05) is 0 Å². The van der Waals surface area contributed by atoms with Gasteiger partial charge in [-0.05, 0) is 24.6 Å². The second-order valence-electron chi connectivity index (χ2n) is 6.52. The highest BCUT2D eigenvalue weighted by Crippen LogP contribution is 2.35. The van der Waals surface area contributed by atoms with Crippen molar-refractivity contribution in [2.75, 3.05) is 25.0 Å². The van der Waals surface area contributed by atoms with Gasteiger partial charge in [0, 0.05) is 43.9 Å². The van der Waals surface area contributed by atoms with Crippen LogP contribution < -0.4 is 5.32 Å². The van der Waals surface area contributed by atoms with Crippen LogP contribution in [0.15, 0.2) is 47.5 Å². The van der Waals surface area contributed by atoms with Crippen LogP contribution in [0, 0.1) is 11.8 Å². The minimum atomic E-state index is -0.0710. The molecule has 2 aromatic heterocycles. The van der Waals surface area contributed by atoms with Gasteiger partial charge in [0.1, 0.15) is 0 Å². The molecule has 4 rings (SSSR count). The molecule has 1 N–H and O–H groups in total. The first-order valence-corrected chi connectivity index (χ1v) is 8.35. The van der Waals surface area contributed by atoms with E-state index in [1.807, 2.05) is 18.2 Å².